The summed E-state index contributed by atoms with van der Waals surface area (Å²) in [7, 11) is 2.02. The highest BCUT2D eigenvalue weighted by Gasteiger charge is 2.27. The van der Waals surface area contributed by atoms with E-state index >= 15 is 0 Å². The summed E-state index contributed by atoms with van der Waals surface area (Å²) in [5, 5.41) is 0.787. The molecule has 1 fully saturated rings. The molecule has 104 valence electrons. The van der Waals surface area contributed by atoms with Crippen molar-refractivity contribution in [3.63, 3.8) is 0 Å². The van der Waals surface area contributed by atoms with Crippen molar-refractivity contribution in [1.82, 2.24) is 9.97 Å². The van der Waals surface area contributed by atoms with Gasteiger partial charge in [0.25, 0.3) is 0 Å². The first-order valence-corrected chi connectivity index (χ1v) is 7.79. The predicted molar refractivity (Wildman–Crippen MR) is 85.3 cm³/mol. The minimum Gasteiger partial charge on any atom is -0.355 e. The molecule has 3 nitrogen and oxygen atoms in total. The third-order valence-corrected chi connectivity index (χ3v) is 4.17. The summed E-state index contributed by atoms with van der Waals surface area (Å²) in [5.74, 6) is 2.41. The van der Waals surface area contributed by atoms with Gasteiger partial charge < -0.3 is 4.90 Å². The lowest BCUT2D eigenvalue weighted by molar-refractivity contribution is 0.848. The highest BCUT2D eigenvalue weighted by atomic mass is 79.9. The van der Waals surface area contributed by atoms with Gasteiger partial charge >= 0.3 is 0 Å². The molecule has 0 aliphatic heterocycles. The number of aromatic nitrogens is 2. The maximum absolute atomic E-state index is 6.21. The van der Waals surface area contributed by atoms with Gasteiger partial charge in [-0.05, 0) is 40.4 Å². The Labute approximate surface area is 132 Å². The van der Waals surface area contributed by atoms with Crippen molar-refractivity contribution in [1.29, 1.82) is 0 Å². The molecular formula is C15H15BrClN3. The second kappa shape index (κ2) is 5.70. The minimum absolute atomic E-state index is 0.542. The quantitative estimate of drug-likeness (QED) is 0.763. The number of anilines is 1. The molecule has 0 unspecified atom stereocenters. The minimum atomic E-state index is 0.542. The normalized spacial score (nSPS) is 14.3. The van der Waals surface area contributed by atoms with E-state index in [1.54, 1.807) is 0 Å². The van der Waals surface area contributed by atoms with Crippen LogP contribution < -0.4 is 4.90 Å². The van der Waals surface area contributed by atoms with Crippen LogP contribution in [-0.2, 0) is 6.54 Å². The van der Waals surface area contributed by atoms with E-state index < -0.39 is 0 Å². The molecule has 1 aliphatic rings. The summed E-state index contributed by atoms with van der Waals surface area (Å²) >= 11 is 9.68. The van der Waals surface area contributed by atoms with E-state index in [1.165, 1.54) is 12.8 Å². The molecule has 1 aromatic carbocycles. The maximum atomic E-state index is 6.21. The van der Waals surface area contributed by atoms with Crippen molar-refractivity contribution in [3.05, 3.63) is 51.3 Å². The molecule has 1 heterocycles. The van der Waals surface area contributed by atoms with Crippen LogP contribution in [0.1, 0.15) is 30.1 Å². The third kappa shape index (κ3) is 3.13. The lowest BCUT2D eigenvalue weighted by atomic mass is 10.2. The van der Waals surface area contributed by atoms with Gasteiger partial charge in [0, 0.05) is 30.6 Å². The first kappa shape index (κ1) is 13.8. The van der Waals surface area contributed by atoms with Gasteiger partial charge in [0.05, 0.1) is 0 Å². The van der Waals surface area contributed by atoms with Crippen LogP contribution in [0.4, 0.5) is 5.82 Å². The molecule has 0 bridgehead atoms. The summed E-state index contributed by atoms with van der Waals surface area (Å²) in [4.78, 5) is 11.2. The van der Waals surface area contributed by atoms with E-state index in [0.717, 1.165) is 33.4 Å². The Morgan fingerprint density at radius 1 is 1.30 bits per heavy atom. The fraction of sp³-hybridized carbons (Fsp3) is 0.333. The van der Waals surface area contributed by atoms with Gasteiger partial charge in [0.2, 0.25) is 0 Å². The lowest BCUT2D eigenvalue weighted by Gasteiger charge is -2.19. The van der Waals surface area contributed by atoms with Crippen LogP contribution in [0.15, 0.2) is 34.9 Å². The fourth-order valence-electron chi connectivity index (χ4n) is 2.11. The Balaban J connectivity index is 1.83. The monoisotopic (exact) mass is 351 g/mol. The largest absolute Gasteiger partial charge is 0.355 e. The topological polar surface area (TPSA) is 29.0 Å². The number of benzene rings is 1. The van der Waals surface area contributed by atoms with Crippen LogP contribution >= 0.6 is 27.5 Å². The zero-order chi connectivity index (χ0) is 14.1. The van der Waals surface area contributed by atoms with E-state index in [0.29, 0.717) is 5.92 Å². The zero-order valence-corrected chi connectivity index (χ0v) is 13.5. The molecule has 20 heavy (non-hydrogen) atoms. The molecule has 0 amide bonds. The van der Waals surface area contributed by atoms with Crippen molar-refractivity contribution in [2.24, 2.45) is 0 Å². The summed E-state index contributed by atoms with van der Waals surface area (Å²) in [6.45, 7) is 0.729. The summed E-state index contributed by atoms with van der Waals surface area (Å²) in [5.41, 5.74) is 1.10. The van der Waals surface area contributed by atoms with Crippen molar-refractivity contribution < 1.29 is 0 Å². The van der Waals surface area contributed by atoms with E-state index in [4.69, 9.17) is 11.6 Å². The fourth-order valence-corrected chi connectivity index (χ4v) is 2.69. The molecule has 1 aromatic heterocycles. The van der Waals surface area contributed by atoms with Crippen LogP contribution in [0, 0.1) is 0 Å². The Bertz CT molecular complexity index is 628. The molecule has 0 saturated heterocycles. The molecule has 2 aromatic rings. The smallest absolute Gasteiger partial charge is 0.135 e. The highest BCUT2D eigenvalue weighted by Crippen LogP contribution is 2.39. The summed E-state index contributed by atoms with van der Waals surface area (Å²) in [6, 6.07) is 9.84. The highest BCUT2D eigenvalue weighted by molar-refractivity contribution is 9.10. The van der Waals surface area contributed by atoms with E-state index in [-0.39, 0.29) is 0 Å². The van der Waals surface area contributed by atoms with E-state index in [9.17, 15) is 0 Å². The van der Waals surface area contributed by atoms with Gasteiger partial charge in [-0.25, -0.2) is 9.97 Å². The van der Waals surface area contributed by atoms with Crippen molar-refractivity contribution in [3.8, 4) is 0 Å². The maximum Gasteiger partial charge on any atom is 0.135 e. The molecule has 3 rings (SSSR count). The Morgan fingerprint density at radius 2 is 2.05 bits per heavy atom. The lowest BCUT2D eigenvalue weighted by Crippen LogP contribution is -2.18. The van der Waals surface area contributed by atoms with Crippen LogP contribution in [0.25, 0.3) is 0 Å². The first-order chi connectivity index (χ1) is 9.63. The molecule has 0 spiro atoms. The molecule has 5 heteroatoms. The average Bonchev–Trinajstić information content (AvgIpc) is 3.25. The van der Waals surface area contributed by atoms with Gasteiger partial charge in [-0.1, -0.05) is 29.8 Å². The van der Waals surface area contributed by atoms with Crippen LogP contribution in [0.3, 0.4) is 0 Å². The van der Waals surface area contributed by atoms with Crippen molar-refractivity contribution in [2.45, 2.75) is 25.3 Å². The number of hydrogen-bond donors (Lipinski definition) is 0. The average molecular weight is 353 g/mol. The standard InChI is InChI=1S/C15H15BrClN3/c1-20(9-11-4-2-3-5-12(11)17)14-8-13(16)18-15(19-14)10-6-7-10/h2-5,8,10H,6-7,9H2,1H3. The number of hydrogen-bond acceptors (Lipinski definition) is 3. The molecule has 1 aliphatic carbocycles. The molecule has 1 saturated carbocycles. The van der Waals surface area contributed by atoms with E-state index in [1.807, 2.05) is 37.4 Å². The number of nitrogens with zero attached hydrogens (tertiary/aromatic N) is 3. The first-order valence-electron chi connectivity index (χ1n) is 6.62. The number of rotatable bonds is 4. The van der Waals surface area contributed by atoms with Gasteiger partial charge in [-0.3, -0.25) is 0 Å². The molecular weight excluding hydrogens is 338 g/mol. The zero-order valence-electron chi connectivity index (χ0n) is 11.2. The Hall–Kier alpha value is -1.13. The van der Waals surface area contributed by atoms with Gasteiger partial charge in [0.1, 0.15) is 16.2 Å². The van der Waals surface area contributed by atoms with Crippen LogP contribution in [-0.4, -0.2) is 17.0 Å². The Morgan fingerprint density at radius 3 is 2.75 bits per heavy atom. The summed E-state index contributed by atoms with van der Waals surface area (Å²) < 4.78 is 0.843. The number of halogens is 2. The van der Waals surface area contributed by atoms with E-state index in [2.05, 4.69) is 30.8 Å². The van der Waals surface area contributed by atoms with Gasteiger partial charge in [-0.2, -0.15) is 0 Å². The van der Waals surface area contributed by atoms with Crippen molar-refractivity contribution >= 4 is 33.3 Å². The Kier molecular flexibility index (Phi) is 3.94. The molecule has 0 atom stereocenters. The second-order valence-electron chi connectivity index (χ2n) is 5.13. The molecule has 0 radical (unpaired) electrons. The van der Waals surface area contributed by atoms with Crippen molar-refractivity contribution in [2.75, 3.05) is 11.9 Å². The van der Waals surface area contributed by atoms with Gasteiger partial charge in [0.15, 0.2) is 0 Å². The second-order valence-corrected chi connectivity index (χ2v) is 6.35. The van der Waals surface area contributed by atoms with Crippen LogP contribution in [0.2, 0.25) is 5.02 Å². The third-order valence-electron chi connectivity index (χ3n) is 3.40. The SMILES string of the molecule is CN(Cc1ccccc1Cl)c1cc(Br)nc(C2CC2)n1. The van der Waals surface area contributed by atoms with Gasteiger partial charge in [-0.15, -0.1) is 0 Å². The molecule has 0 N–H and O–H groups in total. The predicted octanol–water partition coefficient (Wildman–Crippen LogP) is 4.41. The summed E-state index contributed by atoms with van der Waals surface area (Å²) in [6.07, 6.45) is 2.40. The van der Waals surface area contributed by atoms with Crippen LogP contribution in [0.5, 0.6) is 0 Å².